The van der Waals surface area contributed by atoms with Gasteiger partial charge in [-0.3, -0.25) is 0 Å². The maximum Gasteiger partial charge on any atom is 0.187 e. The molecule has 0 amide bonds. The fourth-order valence-electron chi connectivity index (χ4n) is 4.39. The quantitative estimate of drug-likeness (QED) is 0.765. The zero-order valence-electron chi connectivity index (χ0n) is 15.1. The highest BCUT2D eigenvalue weighted by Gasteiger charge is 2.30. The fraction of sp³-hybridized carbons (Fsp3) is 0.667. The van der Waals surface area contributed by atoms with E-state index in [2.05, 4.69) is 26.8 Å². The lowest BCUT2D eigenvalue weighted by atomic mass is 9.89. The van der Waals surface area contributed by atoms with Crippen molar-refractivity contribution in [1.29, 1.82) is 0 Å². The number of piperidine rings is 2. The molecule has 4 rings (SSSR count). The molecular formula is C21H29N3O. The number of rotatable bonds is 4. The van der Waals surface area contributed by atoms with Gasteiger partial charge in [-0.25, -0.2) is 4.85 Å². The van der Waals surface area contributed by atoms with Crippen LogP contribution in [0.5, 0.6) is 0 Å². The number of hydrogen-bond acceptors (Lipinski definition) is 3. The second-order valence-electron chi connectivity index (χ2n) is 7.77. The number of benzene rings is 1. The SMILES string of the molecule is [C-]#[N+]c1ccc(N2CCC(OC3CCN(C4CCC4)CC3)CC2)cc1. The van der Waals surface area contributed by atoms with Gasteiger partial charge in [-0.1, -0.05) is 18.6 Å². The van der Waals surface area contributed by atoms with Gasteiger partial charge in [0, 0.05) is 37.9 Å². The molecule has 0 atom stereocenters. The van der Waals surface area contributed by atoms with E-state index in [0.29, 0.717) is 12.2 Å². The van der Waals surface area contributed by atoms with Gasteiger partial charge in [-0.05, 0) is 50.7 Å². The van der Waals surface area contributed by atoms with E-state index in [9.17, 15) is 0 Å². The van der Waals surface area contributed by atoms with E-state index in [1.54, 1.807) is 0 Å². The van der Waals surface area contributed by atoms with Crippen LogP contribution in [0.2, 0.25) is 0 Å². The van der Waals surface area contributed by atoms with Crippen molar-refractivity contribution in [3.05, 3.63) is 35.7 Å². The molecule has 3 aliphatic rings. The van der Waals surface area contributed by atoms with Gasteiger partial charge in [0.05, 0.1) is 18.8 Å². The molecule has 2 aliphatic heterocycles. The summed E-state index contributed by atoms with van der Waals surface area (Å²) in [7, 11) is 0. The Morgan fingerprint density at radius 1 is 0.840 bits per heavy atom. The van der Waals surface area contributed by atoms with Crippen molar-refractivity contribution in [3.63, 3.8) is 0 Å². The first kappa shape index (κ1) is 16.9. The lowest BCUT2D eigenvalue weighted by Crippen LogP contribution is -2.47. The van der Waals surface area contributed by atoms with Crippen LogP contribution in [-0.4, -0.2) is 49.3 Å². The van der Waals surface area contributed by atoms with Crippen LogP contribution in [0, 0.1) is 6.57 Å². The van der Waals surface area contributed by atoms with Crippen LogP contribution in [0.1, 0.15) is 44.9 Å². The van der Waals surface area contributed by atoms with E-state index in [-0.39, 0.29) is 0 Å². The van der Waals surface area contributed by atoms with Gasteiger partial charge in [0.1, 0.15) is 0 Å². The van der Waals surface area contributed by atoms with Crippen LogP contribution in [0.15, 0.2) is 24.3 Å². The van der Waals surface area contributed by atoms with Crippen molar-refractivity contribution in [1.82, 2.24) is 4.90 Å². The third-order valence-corrected chi connectivity index (χ3v) is 6.24. The normalized spacial score (nSPS) is 24.0. The second-order valence-corrected chi connectivity index (χ2v) is 7.77. The Morgan fingerprint density at radius 2 is 1.44 bits per heavy atom. The third-order valence-electron chi connectivity index (χ3n) is 6.24. The number of likely N-dealkylation sites (tertiary alicyclic amines) is 1. The van der Waals surface area contributed by atoms with Crippen LogP contribution in [-0.2, 0) is 4.74 Å². The predicted molar refractivity (Wildman–Crippen MR) is 101 cm³/mol. The first-order valence-corrected chi connectivity index (χ1v) is 9.94. The summed E-state index contributed by atoms with van der Waals surface area (Å²) in [4.78, 5) is 8.58. The predicted octanol–water partition coefficient (Wildman–Crippen LogP) is 4.24. The Balaban J connectivity index is 1.20. The zero-order valence-corrected chi connectivity index (χ0v) is 15.1. The lowest BCUT2D eigenvalue weighted by Gasteiger charge is -2.43. The van der Waals surface area contributed by atoms with Gasteiger partial charge in [0.15, 0.2) is 5.69 Å². The summed E-state index contributed by atoms with van der Waals surface area (Å²) in [6.07, 6.45) is 9.84. The van der Waals surface area contributed by atoms with Crippen LogP contribution >= 0.6 is 0 Å². The maximum absolute atomic E-state index is 7.05. The van der Waals surface area contributed by atoms with Gasteiger partial charge >= 0.3 is 0 Å². The van der Waals surface area contributed by atoms with Crippen molar-refractivity contribution in [3.8, 4) is 0 Å². The number of nitrogens with zero attached hydrogens (tertiary/aromatic N) is 3. The molecule has 2 saturated heterocycles. The highest BCUT2D eigenvalue weighted by molar-refractivity contribution is 5.55. The summed E-state index contributed by atoms with van der Waals surface area (Å²) in [5.41, 5.74) is 1.95. The Hall–Kier alpha value is -1.57. The Labute approximate surface area is 151 Å². The van der Waals surface area contributed by atoms with Crippen molar-refractivity contribution < 1.29 is 4.74 Å². The van der Waals surface area contributed by atoms with Crippen LogP contribution in [0.3, 0.4) is 0 Å². The molecule has 4 nitrogen and oxygen atoms in total. The van der Waals surface area contributed by atoms with Crippen molar-refractivity contribution in [2.75, 3.05) is 31.1 Å². The van der Waals surface area contributed by atoms with Crippen LogP contribution in [0.25, 0.3) is 4.85 Å². The van der Waals surface area contributed by atoms with Gasteiger partial charge in [0.25, 0.3) is 0 Å². The lowest BCUT2D eigenvalue weighted by molar-refractivity contribution is -0.0598. The number of hydrogen-bond donors (Lipinski definition) is 0. The highest BCUT2D eigenvalue weighted by Crippen LogP contribution is 2.29. The van der Waals surface area contributed by atoms with Gasteiger partial charge in [-0.2, -0.15) is 0 Å². The van der Waals surface area contributed by atoms with E-state index in [4.69, 9.17) is 11.3 Å². The molecule has 0 bridgehead atoms. The first-order chi connectivity index (χ1) is 12.3. The molecule has 1 aromatic carbocycles. The molecule has 0 N–H and O–H groups in total. The van der Waals surface area contributed by atoms with Crippen molar-refractivity contribution in [2.45, 2.75) is 63.2 Å². The molecule has 134 valence electrons. The molecule has 0 radical (unpaired) electrons. The second kappa shape index (κ2) is 7.76. The summed E-state index contributed by atoms with van der Waals surface area (Å²) in [5, 5.41) is 0. The molecule has 0 aromatic heterocycles. The van der Waals surface area contributed by atoms with Gasteiger partial charge in [-0.15, -0.1) is 0 Å². The van der Waals surface area contributed by atoms with E-state index >= 15 is 0 Å². The Morgan fingerprint density at radius 3 is 1.96 bits per heavy atom. The Kier molecular flexibility index (Phi) is 5.24. The van der Waals surface area contributed by atoms with Crippen molar-refractivity contribution >= 4 is 11.4 Å². The van der Waals surface area contributed by atoms with E-state index < -0.39 is 0 Å². The smallest absolute Gasteiger partial charge is 0.187 e. The van der Waals surface area contributed by atoms with Gasteiger partial charge in [0.2, 0.25) is 0 Å². The highest BCUT2D eigenvalue weighted by atomic mass is 16.5. The standard InChI is InChI=1S/C21H29N3O/c1-22-17-5-7-19(8-6-17)24-15-11-21(12-16-24)25-20-9-13-23(14-10-20)18-3-2-4-18/h5-8,18,20-21H,2-4,9-16H2. The third kappa shape index (κ3) is 3.99. The monoisotopic (exact) mass is 339 g/mol. The topological polar surface area (TPSA) is 20.1 Å². The summed E-state index contributed by atoms with van der Waals surface area (Å²) in [6, 6.07) is 8.87. The minimum atomic E-state index is 0.430. The molecule has 1 aromatic rings. The average Bonchev–Trinajstić information content (AvgIpc) is 2.63. The molecule has 1 saturated carbocycles. The molecule has 2 heterocycles. The van der Waals surface area contributed by atoms with Crippen molar-refractivity contribution in [2.24, 2.45) is 0 Å². The molecule has 1 aliphatic carbocycles. The minimum absolute atomic E-state index is 0.430. The van der Waals surface area contributed by atoms with E-state index in [1.165, 1.54) is 50.9 Å². The zero-order chi connectivity index (χ0) is 17.1. The molecule has 25 heavy (non-hydrogen) atoms. The Bertz CT molecular complexity index is 589. The molecule has 3 fully saturated rings. The molecule has 0 spiro atoms. The molecule has 4 heteroatoms. The van der Waals surface area contributed by atoms with Crippen LogP contribution in [0.4, 0.5) is 11.4 Å². The number of anilines is 1. The summed E-state index contributed by atoms with van der Waals surface area (Å²) >= 11 is 0. The van der Waals surface area contributed by atoms with E-state index in [0.717, 1.165) is 37.7 Å². The van der Waals surface area contributed by atoms with Gasteiger partial charge < -0.3 is 14.5 Å². The summed E-state index contributed by atoms with van der Waals surface area (Å²) in [6.45, 7) is 11.6. The minimum Gasteiger partial charge on any atom is -0.375 e. The van der Waals surface area contributed by atoms with Crippen LogP contribution < -0.4 is 4.90 Å². The summed E-state index contributed by atoms with van der Waals surface area (Å²) < 4.78 is 6.44. The van der Waals surface area contributed by atoms with E-state index in [1.807, 2.05) is 12.1 Å². The summed E-state index contributed by atoms with van der Waals surface area (Å²) in [5.74, 6) is 0. The fourth-order valence-corrected chi connectivity index (χ4v) is 4.39. The molecule has 0 unspecified atom stereocenters. The largest absolute Gasteiger partial charge is 0.375 e. The maximum atomic E-state index is 7.05. The first-order valence-electron chi connectivity index (χ1n) is 9.94. The average molecular weight is 339 g/mol. The number of ether oxygens (including phenoxy) is 1. The molecular weight excluding hydrogens is 310 g/mol.